The van der Waals surface area contributed by atoms with E-state index in [4.69, 9.17) is 21.6 Å². The summed E-state index contributed by atoms with van der Waals surface area (Å²) < 4.78 is 5.59. The molecule has 0 spiro atoms. The first-order valence-electron chi connectivity index (χ1n) is 5.49. The Hall–Kier alpha value is -1.69. The molecule has 0 unspecified atom stereocenters. The Morgan fingerprint density at radius 3 is 2.44 bits per heavy atom. The Bertz CT molecular complexity index is 435. The molecule has 5 N–H and O–H groups in total. The van der Waals surface area contributed by atoms with Crippen LogP contribution in [0.5, 0.6) is 5.75 Å². The fraction of sp³-hybridized carbons (Fsp3) is 0.333. The minimum atomic E-state index is -0.0947. The molecule has 1 aromatic carbocycles. The summed E-state index contributed by atoms with van der Waals surface area (Å²) >= 11 is 1.24. The predicted octanol–water partition coefficient (Wildman–Crippen LogP) is 1.62. The van der Waals surface area contributed by atoms with E-state index in [1.54, 1.807) is 0 Å². The molecule has 6 heteroatoms. The van der Waals surface area contributed by atoms with Gasteiger partial charge in [-0.2, -0.15) is 4.99 Å². The zero-order valence-corrected chi connectivity index (χ0v) is 11.4. The van der Waals surface area contributed by atoms with Crippen molar-refractivity contribution in [1.82, 2.24) is 0 Å². The molecule has 1 aromatic rings. The van der Waals surface area contributed by atoms with E-state index in [1.165, 1.54) is 22.9 Å². The van der Waals surface area contributed by atoms with E-state index in [0.29, 0.717) is 12.4 Å². The highest BCUT2D eigenvalue weighted by atomic mass is 32.2. The molecule has 0 aliphatic heterocycles. The Labute approximate surface area is 111 Å². The van der Waals surface area contributed by atoms with Crippen LogP contribution in [0, 0.1) is 19.3 Å². The molecule has 0 aliphatic carbocycles. The molecule has 0 saturated heterocycles. The van der Waals surface area contributed by atoms with Crippen molar-refractivity contribution in [2.45, 2.75) is 13.8 Å². The average molecular weight is 266 g/mol. The van der Waals surface area contributed by atoms with Crippen molar-refractivity contribution in [3.8, 4) is 5.75 Å². The van der Waals surface area contributed by atoms with Gasteiger partial charge >= 0.3 is 0 Å². The molecule has 0 fully saturated rings. The topological polar surface area (TPSA) is 97.5 Å². The molecular weight excluding hydrogens is 248 g/mol. The zero-order valence-electron chi connectivity index (χ0n) is 10.6. The maximum Gasteiger partial charge on any atom is 0.193 e. The van der Waals surface area contributed by atoms with E-state index in [-0.39, 0.29) is 11.1 Å². The number of nitrogens with one attached hydrogen (secondary N) is 1. The minimum Gasteiger partial charge on any atom is -0.493 e. The van der Waals surface area contributed by atoms with Crippen molar-refractivity contribution in [3.05, 3.63) is 29.3 Å². The van der Waals surface area contributed by atoms with Crippen LogP contribution >= 0.6 is 11.8 Å². The third-order valence-electron chi connectivity index (χ3n) is 2.02. The molecule has 98 valence electrons. The van der Waals surface area contributed by atoms with Crippen molar-refractivity contribution in [2.75, 3.05) is 12.4 Å². The van der Waals surface area contributed by atoms with Gasteiger partial charge in [0, 0.05) is 5.75 Å². The lowest BCUT2D eigenvalue weighted by Crippen LogP contribution is -2.23. The number of nitrogens with two attached hydrogens (primary N) is 2. The highest BCUT2D eigenvalue weighted by Crippen LogP contribution is 2.16. The lowest BCUT2D eigenvalue weighted by Gasteiger charge is -2.07. The van der Waals surface area contributed by atoms with Crippen LogP contribution in [0.3, 0.4) is 0 Å². The van der Waals surface area contributed by atoms with Gasteiger partial charge in [-0.1, -0.05) is 17.8 Å². The van der Waals surface area contributed by atoms with Gasteiger partial charge in [0.15, 0.2) is 11.1 Å². The van der Waals surface area contributed by atoms with Gasteiger partial charge in [-0.25, -0.2) is 0 Å². The molecule has 0 radical (unpaired) electrons. The fourth-order valence-electron chi connectivity index (χ4n) is 1.46. The van der Waals surface area contributed by atoms with Crippen LogP contribution in [0.25, 0.3) is 0 Å². The third-order valence-corrected chi connectivity index (χ3v) is 2.75. The van der Waals surface area contributed by atoms with Crippen molar-refractivity contribution < 1.29 is 4.74 Å². The summed E-state index contributed by atoms with van der Waals surface area (Å²) in [7, 11) is 0. The number of thioether (sulfide) groups is 1. The highest BCUT2D eigenvalue weighted by molar-refractivity contribution is 8.13. The predicted molar refractivity (Wildman–Crippen MR) is 77.4 cm³/mol. The lowest BCUT2D eigenvalue weighted by atomic mass is 10.1. The normalized spacial score (nSPS) is 9.89. The number of ether oxygens (including phenoxy) is 1. The number of guanidine groups is 1. The molecule has 18 heavy (non-hydrogen) atoms. The Morgan fingerprint density at radius 1 is 1.28 bits per heavy atom. The summed E-state index contributed by atoms with van der Waals surface area (Å²) in [6, 6.07) is 6.06. The van der Waals surface area contributed by atoms with Gasteiger partial charge in [0.1, 0.15) is 5.75 Å². The summed E-state index contributed by atoms with van der Waals surface area (Å²) in [5.74, 6) is 1.38. The summed E-state index contributed by atoms with van der Waals surface area (Å²) in [5.41, 5.74) is 12.7. The van der Waals surface area contributed by atoms with Crippen molar-refractivity contribution in [2.24, 2.45) is 16.5 Å². The van der Waals surface area contributed by atoms with E-state index in [0.717, 1.165) is 5.75 Å². The average Bonchev–Trinajstić information content (AvgIpc) is 2.22. The summed E-state index contributed by atoms with van der Waals surface area (Å²) in [5, 5.41) is 7.53. The molecule has 1 rings (SSSR count). The second-order valence-corrected chi connectivity index (χ2v) is 4.95. The summed E-state index contributed by atoms with van der Waals surface area (Å²) in [6.45, 7) is 4.57. The third kappa shape index (κ3) is 5.58. The second kappa shape index (κ2) is 6.90. The number of aliphatic imine (C=N–C) groups is 1. The van der Waals surface area contributed by atoms with Crippen LogP contribution < -0.4 is 16.2 Å². The molecule has 0 atom stereocenters. The fourth-order valence-corrected chi connectivity index (χ4v) is 1.99. The number of nitrogens with zero attached hydrogens (tertiary/aromatic N) is 1. The van der Waals surface area contributed by atoms with E-state index in [2.05, 4.69) is 11.1 Å². The van der Waals surface area contributed by atoms with E-state index < -0.39 is 0 Å². The van der Waals surface area contributed by atoms with Crippen LogP contribution in [-0.4, -0.2) is 23.5 Å². The largest absolute Gasteiger partial charge is 0.493 e. The number of aryl methyl sites for hydroxylation is 2. The molecule has 0 bridgehead atoms. The molecule has 0 heterocycles. The van der Waals surface area contributed by atoms with E-state index >= 15 is 0 Å². The van der Waals surface area contributed by atoms with E-state index in [1.807, 2.05) is 26.0 Å². The minimum absolute atomic E-state index is 0.0947. The van der Waals surface area contributed by atoms with Gasteiger partial charge in [0.2, 0.25) is 0 Å². The number of hydrogen-bond acceptors (Lipinski definition) is 3. The van der Waals surface area contributed by atoms with Crippen LogP contribution in [0.2, 0.25) is 0 Å². The second-order valence-electron chi connectivity index (χ2n) is 3.86. The molecule has 0 aromatic heterocycles. The smallest absolute Gasteiger partial charge is 0.193 e. The van der Waals surface area contributed by atoms with Gasteiger partial charge in [-0.3, -0.25) is 5.41 Å². The van der Waals surface area contributed by atoms with Crippen LogP contribution in [-0.2, 0) is 0 Å². The number of amidine groups is 1. The quantitative estimate of drug-likeness (QED) is 0.438. The maximum atomic E-state index is 7.43. The Morgan fingerprint density at radius 2 is 1.89 bits per heavy atom. The van der Waals surface area contributed by atoms with Gasteiger partial charge in [-0.15, -0.1) is 0 Å². The summed E-state index contributed by atoms with van der Waals surface area (Å²) in [6.07, 6.45) is 0. The standard InChI is InChI=1S/C12H18N4OS/c1-8-5-9(2)7-10(6-8)17-3-4-18-12(15)16-11(13)14/h5-7H,3-4H2,1-2H3,(H5,13,14,15,16). The first kappa shape index (κ1) is 14.4. The van der Waals surface area contributed by atoms with Gasteiger partial charge in [0.05, 0.1) is 6.61 Å². The lowest BCUT2D eigenvalue weighted by molar-refractivity contribution is 0.343. The van der Waals surface area contributed by atoms with Crippen molar-refractivity contribution in [1.29, 1.82) is 5.41 Å². The zero-order chi connectivity index (χ0) is 13.5. The molecule has 0 saturated carbocycles. The molecule has 0 amide bonds. The highest BCUT2D eigenvalue weighted by Gasteiger charge is 1.99. The van der Waals surface area contributed by atoms with Crippen LogP contribution in [0.15, 0.2) is 23.2 Å². The first-order chi connectivity index (χ1) is 8.47. The van der Waals surface area contributed by atoms with Gasteiger partial charge in [0.25, 0.3) is 0 Å². The monoisotopic (exact) mass is 266 g/mol. The Balaban J connectivity index is 2.34. The van der Waals surface area contributed by atoms with Crippen molar-refractivity contribution in [3.63, 3.8) is 0 Å². The van der Waals surface area contributed by atoms with Crippen molar-refractivity contribution >= 4 is 22.9 Å². The SMILES string of the molecule is Cc1cc(C)cc(OCCSC(=N)N=C(N)N)c1. The molecule has 0 aliphatic rings. The van der Waals surface area contributed by atoms with Crippen LogP contribution in [0.4, 0.5) is 0 Å². The summed E-state index contributed by atoms with van der Waals surface area (Å²) in [4.78, 5) is 3.61. The first-order valence-corrected chi connectivity index (χ1v) is 6.48. The molecule has 5 nitrogen and oxygen atoms in total. The Kier molecular flexibility index (Phi) is 5.51. The number of benzene rings is 1. The number of hydrogen-bond donors (Lipinski definition) is 3. The van der Waals surface area contributed by atoms with Gasteiger partial charge in [-0.05, 0) is 37.1 Å². The van der Waals surface area contributed by atoms with E-state index in [9.17, 15) is 0 Å². The molecular formula is C12H18N4OS. The van der Waals surface area contributed by atoms with Crippen LogP contribution in [0.1, 0.15) is 11.1 Å². The maximum absolute atomic E-state index is 7.43. The van der Waals surface area contributed by atoms with Gasteiger partial charge < -0.3 is 16.2 Å². The number of rotatable bonds is 4.